The highest BCUT2D eigenvalue weighted by molar-refractivity contribution is 7.85. The Hall–Kier alpha value is -1.59. The average molecular weight is 307 g/mol. The summed E-state index contributed by atoms with van der Waals surface area (Å²) in [6.45, 7) is 0. The molecule has 5 heteroatoms. The van der Waals surface area contributed by atoms with Crippen molar-refractivity contribution in [3.63, 3.8) is 0 Å². The summed E-state index contributed by atoms with van der Waals surface area (Å²) in [4.78, 5) is -0.0620. The molecule has 0 saturated heterocycles. The van der Waals surface area contributed by atoms with Gasteiger partial charge in [0.15, 0.2) is 0 Å². The smallest absolute Gasteiger partial charge is 0.139 e. The van der Waals surface area contributed by atoms with Crippen LogP contribution >= 0.6 is 0 Å². The first-order chi connectivity index (χ1) is 10.1. The second-order valence-corrected chi connectivity index (χ2v) is 6.72. The van der Waals surface area contributed by atoms with Crippen LogP contribution in [0.4, 0.5) is 8.78 Å². The molecule has 3 rings (SSSR count). The summed E-state index contributed by atoms with van der Waals surface area (Å²) in [5.41, 5.74) is 2.18. The van der Waals surface area contributed by atoms with Crippen molar-refractivity contribution in [3.05, 3.63) is 65.2 Å². The molecule has 2 aromatic rings. The predicted molar refractivity (Wildman–Crippen MR) is 78.5 cm³/mol. The fraction of sp³-hybridized carbons (Fsp3) is 0.250. The third kappa shape index (κ3) is 2.51. The number of rotatable bonds is 3. The maximum absolute atomic E-state index is 13.9. The summed E-state index contributed by atoms with van der Waals surface area (Å²) < 4.78 is 39.9. The molecule has 21 heavy (non-hydrogen) atoms. The minimum Gasteiger partial charge on any atom is -0.312 e. The highest BCUT2D eigenvalue weighted by atomic mass is 32.2. The Morgan fingerprint density at radius 1 is 1.19 bits per heavy atom. The molecule has 1 aliphatic carbocycles. The molecule has 0 fully saturated rings. The van der Waals surface area contributed by atoms with Crippen LogP contribution in [0.3, 0.4) is 0 Å². The Bertz CT molecular complexity index is 704. The van der Waals surface area contributed by atoms with Gasteiger partial charge in [-0.2, -0.15) is 0 Å². The first-order valence-electron chi connectivity index (χ1n) is 6.72. The van der Waals surface area contributed by atoms with E-state index in [-0.39, 0.29) is 16.2 Å². The lowest BCUT2D eigenvalue weighted by atomic mass is 10.1. The molecule has 3 atom stereocenters. The normalized spacial score (nSPS) is 22.0. The number of hydrogen-bond acceptors (Lipinski definition) is 2. The van der Waals surface area contributed by atoms with E-state index in [0.29, 0.717) is 6.42 Å². The predicted octanol–water partition coefficient (Wildman–Crippen LogP) is 2.96. The van der Waals surface area contributed by atoms with Crippen molar-refractivity contribution >= 4 is 10.8 Å². The third-order valence-electron chi connectivity index (χ3n) is 3.88. The fourth-order valence-corrected chi connectivity index (χ4v) is 4.57. The molecule has 1 aliphatic rings. The van der Waals surface area contributed by atoms with E-state index >= 15 is 0 Å². The summed E-state index contributed by atoms with van der Waals surface area (Å²) in [5.74, 6) is -1.20. The van der Waals surface area contributed by atoms with E-state index in [1.165, 1.54) is 0 Å². The zero-order chi connectivity index (χ0) is 15.0. The van der Waals surface area contributed by atoms with Gasteiger partial charge >= 0.3 is 0 Å². The van der Waals surface area contributed by atoms with Crippen LogP contribution in [0.5, 0.6) is 0 Å². The Kier molecular flexibility index (Phi) is 3.87. The molecule has 0 amide bonds. The molecule has 1 N–H and O–H groups in total. The zero-order valence-corrected chi connectivity index (χ0v) is 12.3. The molecule has 2 nitrogen and oxygen atoms in total. The third-order valence-corrected chi connectivity index (χ3v) is 5.61. The summed E-state index contributed by atoms with van der Waals surface area (Å²) in [6.07, 6.45) is 0.588. The van der Waals surface area contributed by atoms with Crippen molar-refractivity contribution in [2.24, 2.45) is 0 Å². The van der Waals surface area contributed by atoms with Gasteiger partial charge in [-0.1, -0.05) is 24.3 Å². The molecule has 0 heterocycles. The zero-order valence-electron chi connectivity index (χ0n) is 11.5. The van der Waals surface area contributed by atoms with Crippen molar-refractivity contribution in [3.8, 4) is 0 Å². The molecule has 2 aromatic carbocycles. The number of hydrogen-bond donors (Lipinski definition) is 1. The van der Waals surface area contributed by atoms with E-state index in [4.69, 9.17) is 0 Å². The topological polar surface area (TPSA) is 29.1 Å². The highest BCUT2D eigenvalue weighted by Gasteiger charge is 2.36. The van der Waals surface area contributed by atoms with E-state index in [1.807, 2.05) is 24.3 Å². The minimum absolute atomic E-state index is 0.0620. The summed E-state index contributed by atoms with van der Waals surface area (Å²) in [6, 6.07) is 10.8. The van der Waals surface area contributed by atoms with Crippen molar-refractivity contribution in [1.82, 2.24) is 5.32 Å². The van der Waals surface area contributed by atoms with Crippen LogP contribution in [-0.4, -0.2) is 16.5 Å². The average Bonchev–Trinajstić information content (AvgIpc) is 2.87. The van der Waals surface area contributed by atoms with Crippen LogP contribution in [0.15, 0.2) is 47.4 Å². The van der Waals surface area contributed by atoms with Gasteiger partial charge in [0.25, 0.3) is 0 Å². The Labute approximate surface area is 124 Å². The van der Waals surface area contributed by atoms with Gasteiger partial charge in [0.05, 0.1) is 20.9 Å². The maximum atomic E-state index is 13.9. The van der Waals surface area contributed by atoms with Crippen LogP contribution in [0.2, 0.25) is 0 Å². The molecule has 0 saturated carbocycles. The van der Waals surface area contributed by atoms with Crippen molar-refractivity contribution in [2.75, 3.05) is 7.05 Å². The van der Waals surface area contributed by atoms with E-state index in [9.17, 15) is 13.0 Å². The van der Waals surface area contributed by atoms with Gasteiger partial charge in [-0.25, -0.2) is 8.78 Å². The van der Waals surface area contributed by atoms with Crippen LogP contribution < -0.4 is 5.32 Å². The number of nitrogens with one attached hydrogen (secondary N) is 1. The van der Waals surface area contributed by atoms with E-state index in [0.717, 1.165) is 29.3 Å². The van der Waals surface area contributed by atoms with Crippen LogP contribution in [-0.2, 0) is 17.2 Å². The fourth-order valence-electron chi connectivity index (χ4n) is 2.89. The molecule has 0 radical (unpaired) electrons. The largest absolute Gasteiger partial charge is 0.312 e. The molecule has 0 aromatic heterocycles. The Morgan fingerprint density at radius 2 is 1.95 bits per heavy atom. The Balaban J connectivity index is 1.98. The lowest BCUT2D eigenvalue weighted by molar-refractivity contribution is 0.557. The highest BCUT2D eigenvalue weighted by Crippen LogP contribution is 2.36. The second kappa shape index (κ2) is 5.66. The first kappa shape index (κ1) is 14.4. The Morgan fingerprint density at radius 3 is 2.71 bits per heavy atom. The van der Waals surface area contributed by atoms with Crippen LogP contribution in [0.1, 0.15) is 17.2 Å². The van der Waals surface area contributed by atoms with Gasteiger partial charge in [-0.15, -0.1) is 0 Å². The molecule has 110 valence electrons. The molecule has 0 bridgehead atoms. The first-order valence-corrected chi connectivity index (χ1v) is 7.94. The number of benzene rings is 2. The number of fused-ring (bicyclic) bond motifs is 1. The van der Waals surface area contributed by atoms with Crippen molar-refractivity contribution in [2.45, 2.75) is 22.6 Å². The number of halogens is 2. The van der Waals surface area contributed by atoms with Gasteiger partial charge in [0, 0.05) is 6.04 Å². The van der Waals surface area contributed by atoms with Crippen LogP contribution in [0.25, 0.3) is 0 Å². The van der Waals surface area contributed by atoms with Gasteiger partial charge in [-0.05, 0) is 42.8 Å². The van der Waals surface area contributed by atoms with Gasteiger partial charge < -0.3 is 5.32 Å². The van der Waals surface area contributed by atoms with Gasteiger partial charge in [0.2, 0.25) is 0 Å². The quantitative estimate of drug-likeness (QED) is 0.944. The standard InChI is InChI=1S/C16H15F2NOS/c1-19-16-12-5-3-2-4-10(12)8-15(16)21(20)14-9-11(17)6-7-13(14)18/h2-7,9,15-16,19H,8H2,1H3. The lowest BCUT2D eigenvalue weighted by Crippen LogP contribution is -2.30. The minimum atomic E-state index is -1.61. The SMILES string of the molecule is CNC1c2ccccc2CC1S(=O)c1cc(F)ccc1F. The van der Waals surface area contributed by atoms with Crippen molar-refractivity contribution < 1.29 is 13.0 Å². The molecular formula is C16H15F2NOS. The summed E-state index contributed by atoms with van der Waals surface area (Å²) >= 11 is 0. The molecule has 3 unspecified atom stereocenters. The van der Waals surface area contributed by atoms with E-state index < -0.39 is 22.4 Å². The summed E-state index contributed by atoms with van der Waals surface area (Å²) in [7, 11) is 0.176. The van der Waals surface area contributed by atoms with E-state index in [1.54, 1.807) is 7.05 Å². The summed E-state index contributed by atoms with van der Waals surface area (Å²) in [5, 5.41) is 2.84. The van der Waals surface area contributed by atoms with Crippen molar-refractivity contribution in [1.29, 1.82) is 0 Å². The molecule has 0 spiro atoms. The van der Waals surface area contributed by atoms with E-state index in [2.05, 4.69) is 5.32 Å². The monoisotopic (exact) mass is 307 g/mol. The van der Waals surface area contributed by atoms with Gasteiger partial charge in [-0.3, -0.25) is 4.21 Å². The molecule has 0 aliphatic heterocycles. The maximum Gasteiger partial charge on any atom is 0.139 e. The lowest BCUT2D eigenvalue weighted by Gasteiger charge is -2.19. The van der Waals surface area contributed by atoms with Crippen LogP contribution in [0, 0.1) is 11.6 Å². The van der Waals surface area contributed by atoms with Gasteiger partial charge in [0.1, 0.15) is 11.6 Å². The molecular weight excluding hydrogens is 292 g/mol. The second-order valence-electron chi connectivity index (χ2n) is 5.08.